The first kappa shape index (κ1) is 16.5. The molecule has 0 saturated carbocycles. The number of rotatable bonds is 5. The van der Waals surface area contributed by atoms with Gasteiger partial charge in [-0.1, -0.05) is 18.2 Å². The Bertz CT molecular complexity index is 647. The monoisotopic (exact) mass is 331 g/mol. The van der Waals surface area contributed by atoms with Crippen LogP contribution in [0.2, 0.25) is 0 Å². The van der Waals surface area contributed by atoms with Gasteiger partial charge in [-0.05, 0) is 18.2 Å². The molecular formula is C17H21N3O4. The normalized spacial score (nSPS) is 21.3. The van der Waals surface area contributed by atoms with Crippen molar-refractivity contribution in [2.45, 2.75) is 12.1 Å². The highest BCUT2D eigenvalue weighted by atomic mass is 16.5. The summed E-state index contributed by atoms with van der Waals surface area (Å²) >= 11 is 0. The zero-order valence-electron chi connectivity index (χ0n) is 13.4. The average molecular weight is 331 g/mol. The van der Waals surface area contributed by atoms with Gasteiger partial charge >= 0.3 is 0 Å². The number of para-hydroxylation sites is 1. The fraction of sp³-hybridized carbons (Fsp3) is 0.412. The fourth-order valence-corrected chi connectivity index (χ4v) is 2.58. The number of hydrogen-bond donors (Lipinski definition) is 1. The molecule has 2 heterocycles. The van der Waals surface area contributed by atoms with Gasteiger partial charge in [0.1, 0.15) is 24.5 Å². The number of aromatic nitrogens is 2. The first-order chi connectivity index (χ1) is 11.6. The van der Waals surface area contributed by atoms with E-state index < -0.39 is 5.60 Å². The summed E-state index contributed by atoms with van der Waals surface area (Å²) < 4.78 is 12.7. The van der Waals surface area contributed by atoms with E-state index in [-0.39, 0.29) is 32.2 Å². The minimum absolute atomic E-state index is 0.0581. The van der Waals surface area contributed by atoms with Crippen molar-refractivity contribution in [3.8, 4) is 5.75 Å². The first-order valence-electron chi connectivity index (χ1n) is 7.88. The summed E-state index contributed by atoms with van der Waals surface area (Å²) in [7, 11) is 0. The van der Waals surface area contributed by atoms with Crippen LogP contribution in [-0.2, 0) is 16.1 Å². The highest BCUT2D eigenvalue weighted by Crippen LogP contribution is 2.17. The largest absolute Gasteiger partial charge is 0.490 e. The Labute approximate surface area is 140 Å². The number of benzene rings is 1. The van der Waals surface area contributed by atoms with Gasteiger partial charge < -0.3 is 19.5 Å². The molecule has 1 amide bonds. The van der Waals surface area contributed by atoms with Crippen LogP contribution in [-0.4, -0.2) is 64.2 Å². The minimum atomic E-state index is -1.24. The van der Waals surface area contributed by atoms with Crippen LogP contribution < -0.4 is 4.74 Å². The van der Waals surface area contributed by atoms with E-state index in [9.17, 15) is 9.90 Å². The molecule has 3 rings (SSSR count). The van der Waals surface area contributed by atoms with Crippen LogP contribution in [0.4, 0.5) is 0 Å². The molecule has 0 bridgehead atoms. The van der Waals surface area contributed by atoms with Gasteiger partial charge in [0.25, 0.3) is 0 Å². The lowest BCUT2D eigenvalue weighted by Gasteiger charge is -2.30. The van der Waals surface area contributed by atoms with Crippen LogP contribution in [0.25, 0.3) is 0 Å². The molecule has 1 aromatic carbocycles. The average Bonchev–Trinajstić information content (AvgIpc) is 3.02. The van der Waals surface area contributed by atoms with Gasteiger partial charge in [-0.2, -0.15) is 5.10 Å². The molecule has 2 aromatic rings. The Balaban J connectivity index is 1.61. The van der Waals surface area contributed by atoms with Gasteiger partial charge in [0.15, 0.2) is 0 Å². The molecule has 0 aliphatic carbocycles. The molecule has 1 aliphatic heterocycles. The summed E-state index contributed by atoms with van der Waals surface area (Å²) in [6, 6.07) is 11.0. The lowest BCUT2D eigenvalue weighted by molar-refractivity contribution is -0.135. The fourth-order valence-electron chi connectivity index (χ4n) is 2.58. The first-order valence-corrected chi connectivity index (χ1v) is 7.88. The van der Waals surface area contributed by atoms with Gasteiger partial charge in [-0.25, -0.2) is 0 Å². The molecular weight excluding hydrogens is 310 g/mol. The Hall–Kier alpha value is -2.38. The van der Waals surface area contributed by atoms with E-state index >= 15 is 0 Å². The predicted molar refractivity (Wildman–Crippen MR) is 86.5 cm³/mol. The second-order valence-electron chi connectivity index (χ2n) is 5.90. The van der Waals surface area contributed by atoms with E-state index in [4.69, 9.17) is 9.47 Å². The van der Waals surface area contributed by atoms with Crippen LogP contribution in [0.3, 0.4) is 0 Å². The second kappa shape index (κ2) is 7.46. The lowest BCUT2D eigenvalue weighted by atomic mass is 10.1. The smallest absolute Gasteiger partial charge is 0.244 e. The van der Waals surface area contributed by atoms with Crippen LogP contribution in [0.15, 0.2) is 48.8 Å². The van der Waals surface area contributed by atoms with E-state index in [0.717, 1.165) is 0 Å². The van der Waals surface area contributed by atoms with E-state index in [1.54, 1.807) is 28.0 Å². The third-order valence-corrected chi connectivity index (χ3v) is 3.82. The number of nitrogens with zero attached hydrogens (tertiary/aromatic N) is 3. The van der Waals surface area contributed by atoms with Crippen molar-refractivity contribution in [3.05, 3.63) is 48.8 Å². The Morgan fingerprint density at radius 2 is 2.17 bits per heavy atom. The molecule has 0 unspecified atom stereocenters. The summed E-state index contributed by atoms with van der Waals surface area (Å²) in [6.07, 6.45) is 3.36. The lowest BCUT2D eigenvalue weighted by Crippen LogP contribution is -2.50. The number of ether oxygens (including phenoxy) is 2. The zero-order valence-corrected chi connectivity index (χ0v) is 13.4. The Kier molecular flexibility index (Phi) is 5.12. The number of amides is 1. The molecule has 0 radical (unpaired) electrons. The van der Waals surface area contributed by atoms with E-state index in [1.807, 2.05) is 30.3 Å². The van der Waals surface area contributed by atoms with Crippen LogP contribution in [0.1, 0.15) is 0 Å². The van der Waals surface area contributed by atoms with Crippen molar-refractivity contribution in [1.29, 1.82) is 0 Å². The van der Waals surface area contributed by atoms with Crippen molar-refractivity contribution in [1.82, 2.24) is 14.7 Å². The molecule has 1 aromatic heterocycles. The molecule has 1 saturated heterocycles. The van der Waals surface area contributed by atoms with Gasteiger partial charge in [-0.15, -0.1) is 0 Å². The van der Waals surface area contributed by atoms with Gasteiger partial charge in [0, 0.05) is 18.9 Å². The molecule has 1 N–H and O–H groups in total. The minimum Gasteiger partial charge on any atom is -0.490 e. The van der Waals surface area contributed by atoms with Crippen molar-refractivity contribution < 1.29 is 19.4 Å². The van der Waals surface area contributed by atoms with Gasteiger partial charge in [0.2, 0.25) is 5.91 Å². The van der Waals surface area contributed by atoms with E-state index in [1.165, 1.54) is 0 Å². The Morgan fingerprint density at radius 1 is 1.33 bits per heavy atom. The number of aliphatic hydroxyl groups is 1. The van der Waals surface area contributed by atoms with Crippen molar-refractivity contribution >= 4 is 5.91 Å². The topological polar surface area (TPSA) is 76.8 Å². The van der Waals surface area contributed by atoms with Crippen LogP contribution in [0.5, 0.6) is 5.75 Å². The highest BCUT2D eigenvalue weighted by Gasteiger charge is 2.35. The number of carbonyl (C=O) groups excluding carboxylic acids is 1. The standard InChI is InChI=1S/C17H21N3O4/c21-16(11-20-8-4-7-18-20)19-9-10-23-13-17(22,12-19)14-24-15-5-2-1-3-6-15/h1-8,22H,9-14H2/t17-/m0/s1. The number of β-amino-alcohol motifs (C(OH)–C–C–N with tert-alkyl or cyclic N) is 1. The zero-order chi connectivity index (χ0) is 16.8. The molecule has 7 nitrogen and oxygen atoms in total. The van der Waals surface area contributed by atoms with E-state index in [2.05, 4.69) is 5.10 Å². The SMILES string of the molecule is O=C(Cn1cccn1)N1CCOC[C@](O)(COc2ccccc2)C1. The maximum Gasteiger partial charge on any atom is 0.244 e. The van der Waals surface area contributed by atoms with Crippen molar-refractivity contribution in [2.24, 2.45) is 0 Å². The predicted octanol–water partition coefficient (Wildman–Crippen LogP) is 0.552. The quantitative estimate of drug-likeness (QED) is 0.866. The van der Waals surface area contributed by atoms with E-state index in [0.29, 0.717) is 18.9 Å². The molecule has 1 fully saturated rings. The maximum atomic E-state index is 12.4. The summed E-state index contributed by atoms with van der Waals surface area (Å²) in [6.45, 7) is 1.32. The summed E-state index contributed by atoms with van der Waals surface area (Å²) in [5.41, 5.74) is -1.24. The maximum absolute atomic E-state index is 12.4. The van der Waals surface area contributed by atoms with Crippen molar-refractivity contribution in [3.63, 3.8) is 0 Å². The molecule has 1 atom stereocenters. The van der Waals surface area contributed by atoms with Crippen LogP contribution in [0, 0.1) is 0 Å². The number of carbonyl (C=O) groups is 1. The molecule has 1 aliphatic rings. The van der Waals surface area contributed by atoms with Gasteiger partial charge in [0.05, 0.1) is 19.8 Å². The third kappa shape index (κ3) is 4.33. The second-order valence-corrected chi connectivity index (χ2v) is 5.90. The number of hydrogen-bond acceptors (Lipinski definition) is 5. The molecule has 128 valence electrons. The molecule has 7 heteroatoms. The highest BCUT2D eigenvalue weighted by molar-refractivity contribution is 5.76. The van der Waals surface area contributed by atoms with Crippen molar-refractivity contribution in [2.75, 3.05) is 32.9 Å². The van der Waals surface area contributed by atoms with Crippen LogP contribution >= 0.6 is 0 Å². The van der Waals surface area contributed by atoms with Gasteiger partial charge in [-0.3, -0.25) is 9.48 Å². The summed E-state index contributed by atoms with van der Waals surface area (Å²) in [4.78, 5) is 14.0. The summed E-state index contributed by atoms with van der Waals surface area (Å²) in [5.74, 6) is 0.562. The third-order valence-electron chi connectivity index (χ3n) is 3.82. The molecule has 24 heavy (non-hydrogen) atoms. The Morgan fingerprint density at radius 3 is 2.92 bits per heavy atom. The summed E-state index contributed by atoms with van der Waals surface area (Å²) in [5, 5.41) is 14.8. The molecule has 0 spiro atoms.